The Kier molecular flexibility index (Phi) is 3.24. The van der Waals surface area contributed by atoms with Crippen molar-refractivity contribution in [2.45, 2.75) is 25.3 Å². The number of hydrogen-bond donors (Lipinski definition) is 1. The maximum atomic E-state index is 13.4. The third-order valence-electron chi connectivity index (χ3n) is 2.90. The number of nitrogens with zero attached hydrogens (tertiary/aromatic N) is 2. The van der Waals surface area contributed by atoms with E-state index in [1.54, 1.807) is 4.90 Å². The number of piperidine rings is 1. The van der Waals surface area contributed by atoms with Gasteiger partial charge in [-0.15, -0.1) is 0 Å². The number of pyridine rings is 1. The van der Waals surface area contributed by atoms with Crippen LogP contribution in [0.25, 0.3) is 0 Å². The lowest BCUT2D eigenvalue weighted by Crippen LogP contribution is -2.39. The average Bonchev–Trinajstić information content (AvgIpc) is 2.25. The Balaban J connectivity index is 1.98. The predicted octanol–water partition coefficient (Wildman–Crippen LogP) is 2.03. The van der Waals surface area contributed by atoms with Gasteiger partial charge in [0.15, 0.2) is 0 Å². The van der Waals surface area contributed by atoms with E-state index in [4.69, 9.17) is 5.73 Å². The number of halogens is 3. The smallest absolute Gasteiger partial charge is 0.250 e. The van der Waals surface area contributed by atoms with Gasteiger partial charge >= 0.3 is 0 Å². The number of nitrogens with two attached hydrogens (primary N) is 1. The molecule has 6 heteroatoms. The number of alkyl halides is 2. The molecule has 1 fully saturated rings. The summed E-state index contributed by atoms with van der Waals surface area (Å²) in [4.78, 5) is 5.66. The highest BCUT2D eigenvalue weighted by Gasteiger charge is 2.34. The lowest BCUT2D eigenvalue weighted by molar-refractivity contribution is -0.0569. The van der Waals surface area contributed by atoms with E-state index < -0.39 is 11.7 Å². The minimum Gasteiger partial charge on any atom is -0.397 e. The van der Waals surface area contributed by atoms with Crippen LogP contribution in [0.2, 0.25) is 0 Å². The highest BCUT2D eigenvalue weighted by Crippen LogP contribution is 2.28. The number of rotatable bonds is 2. The van der Waals surface area contributed by atoms with Gasteiger partial charge in [0.05, 0.1) is 17.6 Å². The molecule has 1 aromatic rings. The van der Waals surface area contributed by atoms with Gasteiger partial charge < -0.3 is 5.73 Å². The highest BCUT2D eigenvalue weighted by atomic mass is 19.3. The zero-order chi connectivity index (χ0) is 12.5. The molecule has 0 unspecified atom stereocenters. The standard InChI is InChI=1S/C11H14F3N3/c12-9-5-8(15)6-16-10(9)7-17-3-1-11(13,14)2-4-17/h5-6H,1-4,7,15H2. The molecule has 3 nitrogen and oxygen atoms in total. The molecular formula is C11H14F3N3. The lowest BCUT2D eigenvalue weighted by Gasteiger charge is -2.31. The monoisotopic (exact) mass is 245 g/mol. The molecule has 2 heterocycles. The quantitative estimate of drug-likeness (QED) is 0.867. The van der Waals surface area contributed by atoms with Crippen molar-refractivity contribution in [2.75, 3.05) is 18.8 Å². The SMILES string of the molecule is Nc1cnc(CN2CCC(F)(F)CC2)c(F)c1. The zero-order valence-corrected chi connectivity index (χ0v) is 9.30. The Bertz CT molecular complexity index is 399. The lowest BCUT2D eigenvalue weighted by atomic mass is 10.1. The molecule has 0 aromatic carbocycles. The fourth-order valence-corrected chi connectivity index (χ4v) is 1.85. The van der Waals surface area contributed by atoms with Gasteiger partial charge in [0.25, 0.3) is 5.92 Å². The molecule has 0 atom stereocenters. The molecule has 1 aromatic heterocycles. The summed E-state index contributed by atoms with van der Waals surface area (Å²) >= 11 is 0. The Morgan fingerprint density at radius 3 is 2.59 bits per heavy atom. The van der Waals surface area contributed by atoms with E-state index in [1.807, 2.05) is 0 Å². The molecule has 0 radical (unpaired) electrons. The summed E-state index contributed by atoms with van der Waals surface area (Å²) in [5, 5.41) is 0. The van der Waals surface area contributed by atoms with Gasteiger partial charge in [-0.3, -0.25) is 9.88 Å². The van der Waals surface area contributed by atoms with Crippen molar-refractivity contribution < 1.29 is 13.2 Å². The van der Waals surface area contributed by atoms with Crippen molar-refractivity contribution in [3.63, 3.8) is 0 Å². The Hall–Kier alpha value is -1.30. The van der Waals surface area contributed by atoms with Crippen LogP contribution in [-0.4, -0.2) is 28.9 Å². The molecule has 0 bridgehead atoms. The Labute approximate surface area is 97.4 Å². The molecule has 2 N–H and O–H groups in total. The first kappa shape index (κ1) is 12.2. The van der Waals surface area contributed by atoms with E-state index in [0.717, 1.165) is 0 Å². The fourth-order valence-electron chi connectivity index (χ4n) is 1.85. The van der Waals surface area contributed by atoms with E-state index in [2.05, 4.69) is 4.98 Å². The van der Waals surface area contributed by atoms with Crippen LogP contribution >= 0.6 is 0 Å². The van der Waals surface area contributed by atoms with Crippen LogP contribution in [0.15, 0.2) is 12.3 Å². The van der Waals surface area contributed by atoms with Crippen molar-refractivity contribution in [3.05, 3.63) is 23.8 Å². The minimum absolute atomic E-state index is 0.177. The molecule has 0 aliphatic carbocycles. The number of hydrogen-bond acceptors (Lipinski definition) is 3. The number of anilines is 1. The topological polar surface area (TPSA) is 42.1 Å². The highest BCUT2D eigenvalue weighted by molar-refractivity contribution is 5.35. The summed E-state index contributed by atoms with van der Waals surface area (Å²) in [6.07, 6.45) is 1.02. The Morgan fingerprint density at radius 2 is 2.00 bits per heavy atom. The second kappa shape index (κ2) is 4.52. The zero-order valence-electron chi connectivity index (χ0n) is 9.30. The predicted molar refractivity (Wildman–Crippen MR) is 58.1 cm³/mol. The maximum absolute atomic E-state index is 13.4. The van der Waals surface area contributed by atoms with Crippen LogP contribution in [0, 0.1) is 5.82 Å². The summed E-state index contributed by atoms with van der Waals surface area (Å²) in [6, 6.07) is 1.20. The van der Waals surface area contributed by atoms with Gasteiger partial charge in [-0.25, -0.2) is 13.2 Å². The van der Waals surface area contributed by atoms with Gasteiger partial charge in [0.1, 0.15) is 5.82 Å². The molecule has 1 aliphatic heterocycles. The summed E-state index contributed by atoms with van der Waals surface area (Å²) < 4.78 is 39.3. The summed E-state index contributed by atoms with van der Waals surface area (Å²) in [5.41, 5.74) is 5.90. The van der Waals surface area contributed by atoms with Gasteiger partial charge in [0, 0.05) is 38.5 Å². The summed E-state index contributed by atoms with van der Waals surface area (Å²) in [6.45, 7) is 0.777. The molecule has 94 valence electrons. The van der Waals surface area contributed by atoms with E-state index in [-0.39, 0.29) is 43.9 Å². The minimum atomic E-state index is -2.58. The van der Waals surface area contributed by atoms with Gasteiger partial charge in [0.2, 0.25) is 0 Å². The summed E-state index contributed by atoms with van der Waals surface area (Å²) in [5.74, 6) is -3.06. The molecule has 17 heavy (non-hydrogen) atoms. The first-order valence-corrected chi connectivity index (χ1v) is 5.46. The first-order valence-electron chi connectivity index (χ1n) is 5.46. The van der Waals surface area contributed by atoms with Crippen molar-refractivity contribution >= 4 is 5.69 Å². The first-order chi connectivity index (χ1) is 7.96. The summed E-state index contributed by atoms with van der Waals surface area (Å²) in [7, 11) is 0. The van der Waals surface area contributed by atoms with Crippen LogP contribution < -0.4 is 5.73 Å². The van der Waals surface area contributed by atoms with E-state index in [1.165, 1.54) is 12.3 Å². The van der Waals surface area contributed by atoms with Crippen molar-refractivity contribution in [1.29, 1.82) is 0 Å². The van der Waals surface area contributed by atoms with Crippen LogP contribution in [0.4, 0.5) is 18.9 Å². The normalized spacial score (nSPS) is 20.4. The third-order valence-corrected chi connectivity index (χ3v) is 2.90. The Morgan fingerprint density at radius 1 is 1.35 bits per heavy atom. The second-order valence-corrected chi connectivity index (χ2v) is 4.33. The molecule has 0 amide bonds. The van der Waals surface area contributed by atoms with Crippen LogP contribution in [0.1, 0.15) is 18.5 Å². The molecule has 1 saturated heterocycles. The number of aromatic nitrogens is 1. The van der Waals surface area contributed by atoms with Gasteiger partial charge in [-0.1, -0.05) is 0 Å². The fraction of sp³-hybridized carbons (Fsp3) is 0.545. The van der Waals surface area contributed by atoms with Crippen molar-refractivity contribution in [3.8, 4) is 0 Å². The molecule has 2 rings (SSSR count). The molecule has 0 spiro atoms. The van der Waals surface area contributed by atoms with Gasteiger partial charge in [-0.2, -0.15) is 0 Å². The van der Waals surface area contributed by atoms with E-state index in [9.17, 15) is 13.2 Å². The van der Waals surface area contributed by atoms with Crippen LogP contribution in [0.3, 0.4) is 0 Å². The third kappa shape index (κ3) is 3.09. The van der Waals surface area contributed by atoms with Crippen molar-refractivity contribution in [1.82, 2.24) is 9.88 Å². The number of likely N-dealkylation sites (tertiary alicyclic amines) is 1. The number of nitrogen functional groups attached to an aromatic ring is 1. The maximum Gasteiger partial charge on any atom is 0.250 e. The van der Waals surface area contributed by atoms with E-state index in [0.29, 0.717) is 0 Å². The molecule has 1 aliphatic rings. The van der Waals surface area contributed by atoms with Crippen molar-refractivity contribution in [2.24, 2.45) is 0 Å². The second-order valence-electron chi connectivity index (χ2n) is 4.33. The van der Waals surface area contributed by atoms with Crippen LogP contribution in [-0.2, 0) is 6.54 Å². The average molecular weight is 245 g/mol. The van der Waals surface area contributed by atoms with Gasteiger partial charge in [-0.05, 0) is 0 Å². The van der Waals surface area contributed by atoms with Crippen LogP contribution in [0.5, 0.6) is 0 Å². The molecule has 0 saturated carbocycles. The molecular weight excluding hydrogens is 231 g/mol. The largest absolute Gasteiger partial charge is 0.397 e. The van der Waals surface area contributed by atoms with E-state index >= 15 is 0 Å².